The van der Waals surface area contributed by atoms with Gasteiger partial charge in [-0.2, -0.15) is 0 Å². The molecule has 1 aliphatic heterocycles. The zero-order valence-corrected chi connectivity index (χ0v) is 11.6. The fraction of sp³-hybridized carbons (Fsp3) is 0.294. The fourth-order valence-electron chi connectivity index (χ4n) is 2.68. The Morgan fingerprint density at radius 1 is 1.05 bits per heavy atom. The standard InChI is InChI=1S/C17H20N2/c1-13-8-10-15(11-9-13)19(2)16-7-3-5-14-6-4-12-18-17(14)16/h3,5,7-11,18H,4,6,12H2,1-2H3. The third-order valence-corrected chi connectivity index (χ3v) is 3.84. The summed E-state index contributed by atoms with van der Waals surface area (Å²) in [5.41, 5.74) is 6.53. The van der Waals surface area contributed by atoms with Gasteiger partial charge in [-0.05, 0) is 43.5 Å². The fourth-order valence-corrected chi connectivity index (χ4v) is 2.68. The van der Waals surface area contributed by atoms with Crippen LogP contribution in [0.5, 0.6) is 0 Å². The quantitative estimate of drug-likeness (QED) is 0.865. The number of aryl methyl sites for hydroxylation is 2. The zero-order chi connectivity index (χ0) is 13.2. The van der Waals surface area contributed by atoms with E-state index in [9.17, 15) is 0 Å². The van der Waals surface area contributed by atoms with Crippen molar-refractivity contribution in [3.05, 3.63) is 53.6 Å². The van der Waals surface area contributed by atoms with E-state index in [1.165, 1.54) is 41.0 Å². The van der Waals surface area contributed by atoms with Gasteiger partial charge in [-0.1, -0.05) is 29.8 Å². The van der Waals surface area contributed by atoms with Gasteiger partial charge in [-0.15, -0.1) is 0 Å². The van der Waals surface area contributed by atoms with Gasteiger partial charge >= 0.3 is 0 Å². The molecule has 0 unspecified atom stereocenters. The molecular weight excluding hydrogens is 232 g/mol. The lowest BCUT2D eigenvalue weighted by Gasteiger charge is -2.27. The van der Waals surface area contributed by atoms with Crippen molar-refractivity contribution >= 4 is 17.1 Å². The predicted octanol–water partition coefficient (Wildman–Crippen LogP) is 4.12. The molecule has 2 aromatic rings. The molecule has 0 spiro atoms. The topological polar surface area (TPSA) is 15.3 Å². The van der Waals surface area contributed by atoms with E-state index in [1.54, 1.807) is 0 Å². The third-order valence-electron chi connectivity index (χ3n) is 3.84. The summed E-state index contributed by atoms with van der Waals surface area (Å²) in [6.45, 7) is 3.20. The van der Waals surface area contributed by atoms with Crippen molar-refractivity contribution in [1.29, 1.82) is 0 Å². The minimum absolute atomic E-state index is 1.08. The van der Waals surface area contributed by atoms with Gasteiger partial charge in [-0.25, -0.2) is 0 Å². The molecule has 0 atom stereocenters. The van der Waals surface area contributed by atoms with E-state index in [-0.39, 0.29) is 0 Å². The first kappa shape index (κ1) is 12.1. The Kier molecular flexibility index (Phi) is 3.16. The lowest BCUT2D eigenvalue weighted by molar-refractivity contribution is 0.829. The number of nitrogens with one attached hydrogen (secondary N) is 1. The first-order chi connectivity index (χ1) is 9.25. The molecule has 0 aliphatic carbocycles. The Morgan fingerprint density at radius 2 is 1.84 bits per heavy atom. The van der Waals surface area contributed by atoms with Crippen LogP contribution in [-0.2, 0) is 6.42 Å². The largest absolute Gasteiger partial charge is 0.383 e. The molecule has 0 bridgehead atoms. The van der Waals surface area contributed by atoms with E-state index in [4.69, 9.17) is 0 Å². The van der Waals surface area contributed by atoms with Crippen LogP contribution in [0.4, 0.5) is 17.1 Å². The summed E-state index contributed by atoms with van der Waals surface area (Å²) >= 11 is 0. The van der Waals surface area contributed by atoms with Gasteiger partial charge in [0.1, 0.15) is 0 Å². The van der Waals surface area contributed by atoms with Gasteiger partial charge in [0.25, 0.3) is 0 Å². The smallest absolute Gasteiger partial charge is 0.0646 e. The zero-order valence-electron chi connectivity index (χ0n) is 11.6. The second kappa shape index (κ2) is 4.96. The second-order valence-electron chi connectivity index (χ2n) is 5.24. The summed E-state index contributed by atoms with van der Waals surface area (Å²) in [6.07, 6.45) is 2.41. The highest BCUT2D eigenvalue weighted by molar-refractivity contribution is 5.79. The van der Waals surface area contributed by atoms with Crippen LogP contribution in [0.25, 0.3) is 0 Å². The highest BCUT2D eigenvalue weighted by atomic mass is 15.1. The van der Waals surface area contributed by atoms with Gasteiger partial charge in [0.15, 0.2) is 0 Å². The lowest BCUT2D eigenvalue weighted by Crippen LogP contribution is -2.17. The molecule has 2 nitrogen and oxygen atoms in total. The number of anilines is 3. The van der Waals surface area contributed by atoms with E-state index >= 15 is 0 Å². The maximum Gasteiger partial charge on any atom is 0.0646 e. The van der Waals surface area contributed by atoms with E-state index < -0.39 is 0 Å². The molecule has 0 amide bonds. The molecule has 0 radical (unpaired) electrons. The van der Waals surface area contributed by atoms with Crippen LogP contribution in [0.1, 0.15) is 17.5 Å². The van der Waals surface area contributed by atoms with Crippen molar-refractivity contribution in [2.24, 2.45) is 0 Å². The normalized spacial score (nSPS) is 13.6. The Balaban J connectivity index is 1.99. The van der Waals surface area contributed by atoms with Crippen LogP contribution in [0.15, 0.2) is 42.5 Å². The van der Waals surface area contributed by atoms with Crippen LogP contribution >= 0.6 is 0 Å². The SMILES string of the molecule is Cc1ccc(N(C)c2cccc3c2NCCC3)cc1. The van der Waals surface area contributed by atoms with Crippen molar-refractivity contribution in [2.75, 3.05) is 23.8 Å². The number of nitrogens with zero attached hydrogens (tertiary/aromatic N) is 1. The Morgan fingerprint density at radius 3 is 2.63 bits per heavy atom. The Bertz CT molecular complexity index is 572. The third kappa shape index (κ3) is 2.30. The van der Waals surface area contributed by atoms with Crippen molar-refractivity contribution < 1.29 is 0 Å². The van der Waals surface area contributed by atoms with Gasteiger partial charge in [0, 0.05) is 19.3 Å². The summed E-state index contributed by atoms with van der Waals surface area (Å²) in [4.78, 5) is 2.26. The van der Waals surface area contributed by atoms with E-state index in [0.29, 0.717) is 0 Å². The molecule has 0 saturated heterocycles. The summed E-state index contributed by atoms with van der Waals surface area (Å²) in [5.74, 6) is 0. The number of fused-ring (bicyclic) bond motifs is 1. The van der Waals surface area contributed by atoms with Gasteiger partial charge in [-0.3, -0.25) is 0 Å². The molecule has 2 heteroatoms. The number of rotatable bonds is 2. The molecule has 2 aromatic carbocycles. The Hall–Kier alpha value is -1.96. The van der Waals surface area contributed by atoms with Crippen LogP contribution in [0.2, 0.25) is 0 Å². The average Bonchev–Trinajstić information content (AvgIpc) is 2.47. The molecular formula is C17H20N2. The van der Waals surface area contributed by atoms with E-state index in [0.717, 1.165) is 6.54 Å². The van der Waals surface area contributed by atoms with Crippen molar-refractivity contribution in [3.8, 4) is 0 Å². The summed E-state index contributed by atoms with van der Waals surface area (Å²) < 4.78 is 0. The number of hydrogen-bond donors (Lipinski definition) is 1. The van der Waals surface area contributed by atoms with Crippen LogP contribution in [0.3, 0.4) is 0 Å². The Labute approximate surface area is 115 Å². The molecule has 1 N–H and O–H groups in total. The van der Waals surface area contributed by atoms with Crippen LogP contribution in [0, 0.1) is 6.92 Å². The molecule has 3 rings (SSSR count). The first-order valence-electron chi connectivity index (χ1n) is 6.92. The monoisotopic (exact) mass is 252 g/mol. The van der Waals surface area contributed by atoms with E-state index in [1.807, 2.05) is 0 Å². The van der Waals surface area contributed by atoms with Gasteiger partial charge in [0.2, 0.25) is 0 Å². The van der Waals surface area contributed by atoms with E-state index in [2.05, 4.69) is 66.7 Å². The van der Waals surface area contributed by atoms with Gasteiger partial charge in [0.05, 0.1) is 11.4 Å². The minimum atomic E-state index is 1.08. The first-order valence-corrected chi connectivity index (χ1v) is 6.92. The molecule has 0 fully saturated rings. The number of hydrogen-bond acceptors (Lipinski definition) is 2. The van der Waals surface area contributed by atoms with Gasteiger partial charge < -0.3 is 10.2 Å². The van der Waals surface area contributed by atoms with Crippen molar-refractivity contribution in [3.63, 3.8) is 0 Å². The highest BCUT2D eigenvalue weighted by Crippen LogP contribution is 2.35. The molecule has 0 aromatic heterocycles. The van der Waals surface area contributed by atoms with Crippen molar-refractivity contribution in [1.82, 2.24) is 0 Å². The molecule has 1 heterocycles. The number of para-hydroxylation sites is 1. The molecule has 19 heavy (non-hydrogen) atoms. The van der Waals surface area contributed by atoms with Crippen molar-refractivity contribution in [2.45, 2.75) is 19.8 Å². The molecule has 98 valence electrons. The summed E-state index contributed by atoms with van der Waals surface area (Å²) in [7, 11) is 2.14. The predicted molar refractivity (Wildman–Crippen MR) is 82.5 cm³/mol. The maximum atomic E-state index is 3.55. The molecule has 0 saturated carbocycles. The highest BCUT2D eigenvalue weighted by Gasteiger charge is 2.15. The maximum absolute atomic E-state index is 3.55. The average molecular weight is 252 g/mol. The molecule has 1 aliphatic rings. The minimum Gasteiger partial charge on any atom is -0.383 e. The summed E-state index contributed by atoms with van der Waals surface area (Å²) in [5, 5.41) is 3.55. The van der Waals surface area contributed by atoms with Crippen LogP contribution in [-0.4, -0.2) is 13.6 Å². The second-order valence-corrected chi connectivity index (χ2v) is 5.24. The van der Waals surface area contributed by atoms with Crippen LogP contribution < -0.4 is 10.2 Å². The number of benzene rings is 2. The lowest BCUT2D eigenvalue weighted by atomic mass is 10.0. The summed E-state index contributed by atoms with van der Waals surface area (Å²) in [6, 6.07) is 15.3.